The maximum atomic E-state index is 3.70. The number of likely N-dealkylation sites (tertiary alicyclic amines) is 1. The molecular weight excluding hydrogens is 244 g/mol. The first-order chi connectivity index (χ1) is 9.61. The van der Waals surface area contributed by atoms with Crippen LogP contribution >= 0.6 is 0 Å². The summed E-state index contributed by atoms with van der Waals surface area (Å²) in [6.45, 7) is 8.44. The summed E-state index contributed by atoms with van der Waals surface area (Å²) in [7, 11) is 0. The lowest BCUT2D eigenvalue weighted by atomic mass is 9.92. The van der Waals surface area contributed by atoms with Gasteiger partial charge in [-0.2, -0.15) is 0 Å². The normalized spacial score (nSPS) is 26.0. The van der Waals surface area contributed by atoms with Gasteiger partial charge in [-0.25, -0.2) is 0 Å². The summed E-state index contributed by atoms with van der Waals surface area (Å²) >= 11 is 0. The molecule has 0 radical (unpaired) electrons. The Morgan fingerprint density at radius 1 is 1.15 bits per heavy atom. The van der Waals surface area contributed by atoms with E-state index >= 15 is 0 Å². The predicted octanol–water partition coefficient (Wildman–Crippen LogP) is 4.27. The topological polar surface area (TPSA) is 15.3 Å². The van der Waals surface area contributed by atoms with Crippen LogP contribution in [0.25, 0.3) is 0 Å². The second kappa shape index (κ2) is 5.77. The lowest BCUT2D eigenvalue weighted by molar-refractivity contribution is 0.331. The molecule has 1 aliphatic heterocycles. The van der Waals surface area contributed by atoms with Crippen molar-refractivity contribution in [1.29, 1.82) is 0 Å². The first-order valence-electron chi connectivity index (χ1n) is 8.19. The summed E-state index contributed by atoms with van der Waals surface area (Å²) in [6.07, 6.45) is 6.69. The quantitative estimate of drug-likeness (QED) is 0.880. The van der Waals surface area contributed by atoms with Gasteiger partial charge in [-0.05, 0) is 68.3 Å². The highest BCUT2D eigenvalue weighted by Gasteiger charge is 2.30. The van der Waals surface area contributed by atoms with Gasteiger partial charge in [0.1, 0.15) is 0 Å². The molecule has 0 aromatic heterocycles. The molecule has 3 rings (SSSR count). The molecule has 1 unspecified atom stereocenters. The molecular formula is C18H28N2. The molecule has 20 heavy (non-hydrogen) atoms. The Kier molecular flexibility index (Phi) is 4.02. The van der Waals surface area contributed by atoms with Crippen molar-refractivity contribution in [1.82, 2.24) is 4.90 Å². The van der Waals surface area contributed by atoms with Crippen LogP contribution in [0.2, 0.25) is 0 Å². The molecule has 1 saturated heterocycles. The van der Waals surface area contributed by atoms with Gasteiger partial charge in [0.25, 0.3) is 0 Å². The van der Waals surface area contributed by atoms with E-state index in [1.807, 2.05) is 0 Å². The molecule has 2 aliphatic rings. The molecule has 110 valence electrons. The standard InChI is InChI=1S/C18H28N2/c1-18(2)10-9-17(13-18)19-16-7-5-15(6-8-16)14-20-11-3-4-12-20/h5-8,17,19H,3-4,9-14H2,1-2H3. The van der Waals surface area contributed by atoms with E-state index in [9.17, 15) is 0 Å². The third-order valence-corrected chi connectivity index (χ3v) is 4.90. The van der Waals surface area contributed by atoms with Crippen molar-refractivity contribution in [3.05, 3.63) is 29.8 Å². The molecule has 1 saturated carbocycles. The van der Waals surface area contributed by atoms with E-state index in [0.29, 0.717) is 11.5 Å². The third-order valence-electron chi connectivity index (χ3n) is 4.90. The first kappa shape index (κ1) is 13.9. The minimum atomic E-state index is 0.521. The number of benzene rings is 1. The van der Waals surface area contributed by atoms with Crippen molar-refractivity contribution < 1.29 is 0 Å². The molecule has 0 amide bonds. The summed E-state index contributed by atoms with van der Waals surface area (Å²) in [6, 6.07) is 9.77. The highest BCUT2D eigenvalue weighted by atomic mass is 15.1. The molecule has 0 spiro atoms. The Morgan fingerprint density at radius 3 is 2.45 bits per heavy atom. The van der Waals surface area contributed by atoms with Gasteiger partial charge in [0.05, 0.1) is 0 Å². The molecule has 1 aromatic rings. The molecule has 1 heterocycles. The second-order valence-corrected chi connectivity index (χ2v) is 7.43. The van der Waals surface area contributed by atoms with Gasteiger partial charge in [0.15, 0.2) is 0 Å². The van der Waals surface area contributed by atoms with Crippen LogP contribution in [0.3, 0.4) is 0 Å². The van der Waals surface area contributed by atoms with Crippen LogP contribution in [0.4, 0.5) is 5.69 Å². The fraction of sp³-hybridized carbons (Fsp3) is 0.667. The van der Waals surface area contributed by atoms with E-state index in [-0.39, 0.29) is 0 Å². The number of anilines is 1. The number of nitrogens with zero attached hydrogens (tertiary/aromatic N) is 1. The molecule has 1 aromatic carbocycles. The summed E-state index contributed by atoms with van der Waals surface area (Å²) in [5.74, 6) is 0. The van der Waals surface area contributed by atoms with E-state index in [1.165, 1.54) is 56.4 Å². The van der Waals surface area contributed by atoms with Gasteiger partial charge in [0, 0.05) is 18.3 Å². The van der Waals surface area contributed by atoms with Crippen molar-refractivity contribution in [2.75, 3.05) is 18.4 Å². The largest absolute Gasteiger partial charge is 0.382 e. The minimum Gasteiger partial charge on any atom is -0.382 e. The first-order valence-corrected chi connectivity index (χ1v) is 8.19. The molecule has 2 fully saturated rings. The smallest absolute Gasteiger partial charge is 0.0342 e. The van der Waals surface area contributed by atoms with Crippen LogP contribution in [0.15, 0.2) is 24.3 Å². The van der Waals surface area contributed by atoms with Crippen LogP contribution in [-0.2, 0) is 6.54 Å². The zero-order valence-corrected chi connectivity index (χ0v) is 13.0. The maximum absolute atomic E-state index is 3.70. The number of nitrogens with one attached hydrogen (secondary N) is 1. The Hall–Kier alpha value is -1.02. The van der Waals surface area contributed by atoms with Crippen molar-refractivity contribution in [2.24, 2.45) is 5.41 Å². The third kappa shape index (κ3) is 3.54. The van der Waals surface area contributed by atoms with Gasteiger partial charge in [-0.15, -0.1) is 0 Å². The van der Waals surface area contributed by atoms with E-state index < -0.39 is 0 Å². The van der Waals surface area contributed by atoms with E-state index in [2.05, 4.69) is 48.3 Å². The van der Waals surface area contributed by atoms with Gasteiger partial charge in [-0.3, -0.25) is 4.90 Å². The second-order valence-electron chi connectivity index (χ2n) is 7.43. The molecule has 1 aliphatic carbocycles. The maximum Gasteiger partial charge on any atom is 0.0342 e. The molecule has 0 bridgehead atoms. The average Bonchev–Trinajstić information content (AvgIpc) is 3.02. The summed E-state index contributed by atoms with van der Waals surface area (Å²) in [5, 5.41) is 3.70. The van der Waals surface area contributed by atoms with Crippen molar-refractivity contribution in [3.63, 3.8) is 0 Å². The Morgan fingerprint density at radius 2 is 1.85 bits per heavy atom. The lowest BCUT2D eigenvalue weighted by Crippen LogP contribution is -2.19. The molecule has 1 atom stereocenters. The zero-order valence-electron chi connectivity index (χ0n) is 13.0. The Balaban J connectivity index is 1.53. The zero-order chi connectivity index (χ0) is 14.0. The van der Waals surface area contributed by atoms with E-state index in [1.54, 1.807) is 0 Å². The molecule has 2 heteroatoms. The van der Waals surface area contributed by atoms with Gasteiger partial charge in [0.2, 0.25) is 0 Å². The van der Waals surface area contributed by atoms with Crippen LogP contribution in [-0.4, -0.2) is 24.0 Å². The highest BCUT2D eigenvalue weighted by molar-refractivity contribution is 5.45. The lowest BCUT2D eigenvalue weighted by Gasteiger charge is -2.19. The van der Waals surface area contributed by atoms with Crippen LogP contribution in [0, 0.1) is 5.41 Å². The fourth-order valence-electron chi connectivity index (χ4n) is 3.70. The van der Waals surface area contributed by atoms with Crippen molar-refractivity contribution >= 4 is 5.69 Å². The highest BCUT2D eigenvalue weighted by Crippen LogP contribution is 2.38. The number of rotatable bonds is 4. The number of hydrogen-bond acceptors (Lipinski definition) is 2. The van der Waals surface area contributed by atoms with E-state index in [0.717, 1.165) is 6.54 Å². The minimum absolute atomic E-state index is 0.521. The summed E-state index contributed by atoms with van der Waals surface area (Å²) in [4.78, 5) is 2.56. The van der Waals surface area contributed by atoms with E-state index in [4.69, 9.17) is 0 Å². The van der Waals surface area contributed by atoms with Gasteiger partial charge >= 0.3 is 0 Å². The monoisotopic (exact) mass is 272 g/mol. The molecule has 1 N–H and O–H groups in total. The fourth-order valence-corrected chi connectivity index (χ4v) is 3.70. The SMILES string of the molecule is CC1(C)CCC(Nc2ccc(CN3CCCC3)cc2)C1. The van der Waals surface area contributed by atoms with Gasteiger partial charge in [-0.1, -0.05) is 26.0 Å². The summed E-state index contributed by atoms with van der Waals surface area (Å²) < 4.78 is 0. The van der Waals surface area contributed by atoms with Crippen LogP contribution < -0.4 is 5.32 Å². The van der Waals surface area contributed by atoms with Crippen LogP contribution in [0.5, 0.6) is 0 Å². The molecule has 2 nitrogen and oxygen atoms in total. The summed E-state index contributed by atoms with van der Waals surface area (Å²) in [5.41, 5.74) is 3.26. The van der Waals surface area contributed by atoms with Crippen molar-refractivity contribution in [3.8, 4) is 0 Å². The van der Waals surface area contributed by atoms with Crippen LogP contribution in [0.1, 0.15) is 51.5 Å². The average molecular weight is 272 g/mol. The Bertz CT molecular complexity index is 429. The Labute approximate surface area is 123 Å². The number of hydrogen-bond donors (Lipinski definition) is 1. The van der Waals surface area contributed by atoms with Crippen molar-refractivity contribution in [2.45, 2.75) is 58.5 Å². The predicted molar refractivity (Wildman–Crippen MR) is 86.0 cm³/mol. The van der Waals surface area contributed by atoms with Gasteiger partial charge < -0.3 is 5.32 Å².